The summed E-state index contributed by atoms with van der Waals surface area (Å²) < 4.78 is 21.6. The molecule has 3 rings (SSSR count). The van der Waals surface area contributed by atoms with Crippen LogP contribution in [-0.4, -0.2) is 87.1 Å². The number of hydrogen-bond donors (Lipinski definition) is 2. The first-order valence-corrected chi connectivity index (χ1v) is 14.2. The Morgan fingerprint density at radius 3 is 2.17 bits per heavy atom. The number of ether oxygens (including phenoxy) is 4. The summed E-state index contributed by atoms with van der Waals surface area (Å²) in [6.45, 7) is 1.88. The van der Waals surface area contributed by atoms with Crippen LogP contribution >= 0.6 is 0 Å². The van der Waals surface area contributed by atoms with Gasteiger partial charge in [-0.15, -0.1) is 5.06 Å². The lowest BCUT2D eigenvalue weighted by Gasteiger charge is -2.18. The molecule has 0 saturated carbocycles. The van der Waals surface area contributed by atoms with Gasteiger partial charge in [-0.1, -0.05) is 12.2 Å². The number of benzene rings is 1. The number of rotatable bonds is 16. The van der Waals surface area contributed by atoms with E-state index in [0.717, 1.165) is 32.1 Å². The molecule has 2 aliphatic rings. The fourth-order valence-electron chi connectivity index (χ4n) is 4.09. The van der Waals surface area contributed by atoms with Gasteiger partial charge in [0.05, 0.1) is 46.1 Å². The molecule has 1 aliphatic heterocycles. The van der Waals surface area contributed by atoms with Crippen molar-refractivity contribution in [2.45, 2.75) is 57.5 Å². The maximum atomic E-state index is 12.3. The molecule has 230 valence electrons. The van der Waals surface area contributed by atoms with E-state index in [1.54, 1.807) is 24.3 Å². The normalized spacial score (nSPS) is 17.7. The molecule has 0 radical (unpaired) electrons. The van der Waals surface area contributed by atoms with E-state index in [4.69, 9.17) is 23.8 Å². The van der Waals surface area contributed by atoms with E-state index in [2.05, 4.69) is 22.8 Å². The van der Waals surface area contributed by atoms with Crippen molar-refractivity contribution < 1.29 is 47.8 Å². The van der Waals surface area contributed by atoms with E-state index in [9.17, 15) is 24.0 Å². The van der Waals surface area contributed by atoms with E-state index in [1.165, 1.54) is 0 Å². The summed E-state index contributed by atoms with van der Waals surface area (Å²) in [5, 5.41) is 5.98. The van der Waals surface area contributed by atoms with Crippen LogP contribution in [0.2, 0.25) is 0 Å². The number of carbonyl (C=O) groups excluding carboxylic acids is 5. The molecule has 1 saturated heterocycles. The summed E-state index contributed by atoms with van der Waals surface area (Å²) in [6, 6.07) is 6.56. The highest BCUT2D eigenvalue weighted by molar-refractivity contribution is 6.01. The van der Waals surface area contributed by atoms with Crippen molar-refractivity contribution in [2.75, 3.05) is 51.5 Å². The largest absolute Gasteiger partial charge is 0.446 e. The van der Waals surface area contributed by atoms with Gasteiger partial charge in [0.25, 0.3) is 17.7 Å². The molecule has 1 aromatic carbocycles. The average Bonchev–Trinajstić information content (AvgIpc) is 3.27. The Morgan fingerprint density at radius 2 is 1.45 bits per heavy atom. The molecule has 0 bridgehead atoms. The number of amides is 4. The number of allylic oxidation sites excluding steroid dienone is 2. The summed E-state index contributed by atoms with van der Waals surface area (Å²) in [5.74, 6) is -2.02. The molecule has 0 spiro atoms. The number of imide groups is 1. The Balaban J connectivity index is 1.15. The van der Waals surface area contributed by atoms with Gasteiger partial charge in [-0.3, -0.25) is 19.7 Å². The van der Waals surface area contributed by atoms with Gasteiger partial charge in [-0.05, 0) is 56.4 Å². The Hall–Kier alpha value is -3.81. The molecule has 0 aromatic heterocycles. The van der Waals surface area contributed by atoms with Crippen LogP contribution in [0.15, 0.2) is 36.4 Å². The molecule has 1 aliphatic carbocycles. The van der Waals surface area contributed by atoms with Gasteiger partial charge >= 0.3 is 12.1 Å². The van der Waals surface area contributed by atoms with Gasteiger partial charge in [0.1, 0.15) is 6.10 Å². The fraction of sp³-hybridized carbons (Fsp3) is 0.552. The van der Waals surface area contributed by atoms with Gasteiger partial charge in [-0.2, -0.15) is 0 Å². The Morgan fingerprint density at radius 1 is 0.810 bits per heavy atom. The maximum absolute atomic E-state index is 12.3. The molecular formula is C29H39N3O10. The molecule has 1 atom stereocenters. The van der Waals surface area contributed by atoms with Crippen molar-refractivity contribution in [1.82, 2.24) is 10.4 Å². The lowest BCUT2D eigenvalue weighted by molar-refractivity contribution is -0.198. The summed E-state index contributed by atoms with van der Waals surface area (Å²) >= 11 is 0. The predicted molar refractivity (Wildman–Crippen MR) is 149 cm³/mol. The van der Waals surface area contributed by atoms with Crippen LogP contribution in [0.5, 0.6) is 0 Å². The maximum Gasteiger partial charge on any atom is 0.411 e. The number of anilines is 1. The zero-order chi connectivity index (χ0) is 30.0. The standard InChI is InChI=1S/C29H39N3O10/c33-25-12-13-26(34)32(25)42-27(35)14-16-38-18-20-40-21-19-39-17-15-30-28(36)22-8-10-23(11-9-22)31-29(37)41-24-6-4-2-1-3-5-7-24/h1-2,8-11,24H,3-7,12-21H2,(H,30,36)(H,31,37)/b2-1+. The van der Waals surface area contributed by atoms with Crippen LogP contribution in [0, 0.1) is 0 Å². The minimum atomic E-state index is -0.718. The van der Waals surface area contributed by atoms with Gasteiger partial charge in [-0.25, -0.2) is 9.59 Å². The van der Waals surface area contributed by atoms with Crippen molar-refractivity contribution >= 4 is 35.5 Å². The SMILES string of the molecule is O=C(CCOCCOCCOCCNC(=O)c1ccc(NC(=O)OC2CC/C=C/CCC2)cc1)ON1C(=O)CCC1=O. The molecule has 13 heteroatoms. The van der Waals surface area contributed by atoms with Gasteiger partial charge < -0.3 is 29.1 Å². The van der Waals surface area contributed by atoms with Crippen LogP contribution < -0.4 is 10.6 Å². The Labute approximate surface area is 244 Å². The van der Waals surface area contributed by atoms with Gasteiger partial charge in [0.2, 0.25) is 0 Å². The van der Waals surface area contributed by atoms with Crippen molar-refractivity contribution in [3.05, 3.63) is 42.0 Å². The molecule has 1 aromatic rings. The second-order valence-electron chi connectivity index (χ2n) is 9.60. The van der Waals surface area contributed by atoms with E-state index < -0.39 is 23.9 Å². The molecule has 1 fully saturated rings. The number of nitrogens with zero attached hydrogens (tertiary/aromatic N) is 1. The zero-order valence-electron chi connectivity index (χ0n) is 23.7. The fourth-order valence-corrected chi connectivity index (χ4v) is 4.09. The Kier molecular flexibility index (Phi) is 14.5. The lowest BCUT2D eigenvalue weighted by atomic mass is 10.0. The van der Waals surface area contributed by atoms with Crippen molar-refractivity contribution in [3.8, 4) is 0 Å². The predicted octanol–water partition coefficient (Wildman–Crippen LogP) is 2.90. The quantitative estimate of drug-likeness (QED) is 0.167. The van der Waals surface area contributed by atoms with Crippen LogP contribution in [0.25, 0.3) is 0 Å². The van der Waals surface area contributed by atoms with Crippen molar-refractivity contribution in [3.63, 3.8) is 0 Å². The molecule has 1 heterocycles. The first-order valence-electron chi connectivity index (χ1n) is 14.2. The van der Waals surface area contributed by atoms with E-state index in [1.807, 2.05) is 0 Å². The summed E-state index contributed by atoms with van der Waals surface area (Å²) in [7, 11) is 0. The third kappa shape index (κ3) is 12.4. The molecule has 4 amide bonds. The number of hydroxylamine groups is 2. The molecule has 2 N–H and O–H groups in total. The van der Waals surface area contributed by atoms with Crippen molar-refractivity contribution in [2.24, 2.45) is 0 Å². The van der Waals surface area contributed by atoms with Crippen LogP contribution in [0.3, 0.4) is 0 Å². The van der Waals surface area contributed by atoms with Gasteiger partial charge in [0, 0.05) is 30.6 Å². The van der Waals surface area contributed by atoms with E-state index in [-0.39, 0.29) is 44.5 Å². The smallest absolute Gasteiger partial charge is 0.411 e. The number of hydrogen-bond acceptors (Lipinski definition) is 10. The molecule has 42 heavy (non-hydrogen) atoms. The monoisotopic (exact) mass is 589 g/mol. The molecule has 1 unspecified atom stereocenters. The minimum Gasteiger partial charge on any atom is -0.446 e. The van der Waals surface area contributed by atoms with Gasteiger partial charge in [0.15, 0.2) is 0 Å². The highest BCUT2D eigenvalue weighted by Crippen LogP contribution is 2.17. The third-order valence-corrected chi connectivity index (χ3v) is 6.31. The lowest BCUT2D eigenvalue weighted by Crippen LogP contribution is -2.32. The zero-order valence-corrected chi connectivity index (χ0v) is 23.7. The highest BCUT2D eigenvalue weighted by Gasteiger charge is 2.32. The number of carbonyl (C=O) groups is 5. The van der Waals surface area contributed by atoms with Crippen LogP contribution in [0.4, 0.5) is 10.5 Å². The molecular weight excluding hydrogens is 550 g/mol. The second-order valence-corrected chi connectivity index (χ2v) is 9.60. The minimum absolute atomic E-state index is 0.0471. The van der Waals surface area contributed by atoms with Crippen LogP contribution in [-0.2, 0) is 38.2 Å². The summed E-state index contributed by atoms with van der Waals surface area (Å²) in [6.07, 6.45) is 8.25. The summed E-state index contributed by atoms with van der Waals surface area (Å²) in [5.41, 5.74) is 1.00. The topological polar surface area (TPSA) is 159 Å². The first-order chi connectivity index (χ1) is 20.4. The third-order valence-electron chi connectivity index (χ3n) is 6.31. The van der Waals surface area contributed by atoms with E-state index >= 15 is 0 Å². The Bertz CT molecular complexity index is 1060. The highest BCUT2D eigenvalue weighted by atomic mass is 16.7. The first kappa shape index (κ1) is 32.7. The van der Waals surface area contributed by atoms with Crippen LogP contribution in [0.1, 0.15) is 61.7 Å². The second kappa shape index (κ2) is 18.6. The molecule has 13 nitrogen and oxygen atoms in total. The summed E-state index contributed by atoms with van der Waals surface area (Å²) in [4.78, 5) is 63.7. The number of nitrogens with one attached hydrogen (secondary N) is 2. The van der Waals surface area contributed by atoms with E-state index in [0.29, 0.717) is 49.3 Å². The average molecular weight is 590 g/mol. The van der Waals surface area contributed by atoms with Crippen molar-refractivity contribution in [1.29, 1.82) is 0 Å².